The van der Waals surface area contributed by atoms with Gasteiger partial charge in [0.2, 0.25) is 5.91 Å². The Hall–Kier alpha value is -2.37. The number of rotatable bonds is 3. The van der Waals surface area contributed by atoms with Crippen LogP contribution in [0.25, 0.3) is 0 Å². The molecule has 0 saturated carbocycles. The molecular weight excluding hydrogens is 318 g/mol. The van der Waals surface area contributed by atoms with E-state index in [1.165, 1.54) is 0 Å². The Kier molecular flexibility index (Phi) is 4.54. The lowest BCUT2D eigenvalue weighted by molar-refractivity contribution is -0.140. The molecule has 0 aliphatic carbocycles. The Bertz CT molecular complexity index is 680. The molecule has 2 aliphatic heterocycles. The summed E-state index contributed by atoms with van der Waals surface area (Å²) in [5.74, 6) is 0.324. The first kappa shape index (κ1) is 17.5. The standard InChI is InChI=1S/C19H25N3O3/c1-13-9-14(2)11-21(10-13)16(23)12-22-17(24)19(3,20-18(22)25)15-7-5-4-6-8-15/h4-8,13-14H,9-12H2,1-3H3,(H,20,25). The molecule has 134 valence electrons. The molecule has 3 atom stereocenters. The fourth-order valence-corrected chi connectivity index (χ4v) is 3.91. The van der Waals surface area contributed by atoms with E-state index in [4.69, 9.17) is 0 Å². The maximum absolute atomic E-state index is 12.9. The third-order valence-electron chi connectivity index (χ3n) is 5.14. The fourth-order valence-electron chi connectivity index (χ4n) is 3.91. The summed E-state index contributed by atoms with van der Waals surface area (Å²) in [6.07, 6.45) is 1.10. The molecule has 25 heavy (non-hydrogen) atoms. The summed E-state index contributed by atoms with van der Waals surface area (Å²) in [5, 5.41) is 2.74. The molecule has 3 unspecified atom stereocenters. The van der Waals surface area contributed by atoms with Gasteiger partial charge in [-0.1, -0.05) is 44.2 Å². The zero-order valence-corrected chi connectivity index (χ0v) is 15.0. The first-order valence-corrected chi connectivity index (χ1v) is 8.78. The van der Waals surface area contributed by atoms with Crippen LogP contribution in [0.5, 0.6) is 0 Å². The van der Waals surface area contributed by atoms with Crippen LogP contribution in [-0.4, -0.2) is 47.3 Å². The average molecular weight is 343 g/mol. The maximum atomic E-state index is 12.9. The van der Waals surface area contributed by atoms with E-state index in [1.807, 2.05) is 18.2 Å². The fraction of sp³-hybridized carbons (Fsp3) is 0.526. The van der Waals surface area contributed by atoms with Crippen LogP contribution in [0.4, 0.5) is 4.79 Å². The van der Waals surface area contributed by atoms with Crippen molar-refractivity contribution in [3.8, 4) is 0 Å². The number of hydrogen-bond acceptors (Lipinski definition) is 3. The topological polar surface area (TPSA) is 69.7 Å². The average Bonchev–Trinajstić information content (AvgIpc) is 2.79. The largest absolute Gasteiger partial charge is 0.341 e. The molecule has 3 rings (SSSR count). The molecule has 4 amide bonds. The molecule has 2 heterocycles. The molecule has 1 aromatic carbocycles. The van der Waals surface area contributed by atoms with Crippen molar-refractivity contribution in [2.45, 2.75) is 32.7 Å². The molecule has 0 bridgehead atoms. The smallest absolute Gasteiger partial charge is 0.325 e. The molecule has 6 heteroatoms. The number of benzene rings is 1. The summed E-state index contributed by atoms with van der Waals surface area (Å²) in [5.41, 5.74) is -0.412. The minimum atomic E-state index is -1.12. The van der Waals surface area contributed by atoms with Crippen molar-refractivity contribution in [3.05, 3.63) is 35.9 Å². The van der Waals surface area contributed by atoms with Gasteiger partial charge in [-0.3, -0.25) is 14.5 Å². The monoisotopic (exact) mass is 343 g/mol. The van der Waals surface area contributed by atoms with Crippen LogP contribution in [0.2, 0.25) is 0 Å². The predicted octanol–water partition coefficient (Wildman–Crippen LogP) is 1.96. The minimum Gasteiger partial charge on any atom is -0.341 e. The molecule has 1 aromatic rings. The number of nitrogens with one attached hydrogen (secondary N) is 1. The zero-order chi connectivity index (χ0) is 18.2. The van der Waals surface area contributed by atoms with Crippen molar-refractivity contribution in [2.24, 2.45) is 11.8 Å². The minimum absolute atomic E-state index is 0.167. The number of piperidine rings is 1. The van der Waals surface area contributed by atoms with E-state index in [0.717, 1.165) is 11.3 Å². The molecule has 2 saturated heterocycles. The van der Waals surface area contributed by atoms with Gasteiger partial charge in [0.15, 0.2) is 0 Å². The van der Waals surface area contributed by atoms with Crippen LogP contribution in [0.1, 0.15) is 32.8 Å². The second-order valence-corrected chi connectivity index (χ2v) is 7.56. The Labute approximate surface area is 148 Å². The first-order chi connectivity index (χ1) is 11.8. The van der Waals surface area contributed by atoms with Crippen LogP contribution in [0.3, 0.4) is 0 Å². The van der Waals surface area contributed by atoms with Gasteiger partial charge in [0.1, 0.15) is 12.1 Å². The van der Waals surface area contributed by atoms with Crippen LogP contribution < -0.4 is 5.32 Å². The molecule has 2 fully saturated rings. The van der Waals surface area contributed by atoms with Gasteiger partial charge in [0, 0.05) is 13.1 Å². The molecule has 6 nitrogen and oxygen atoms in total. The van der Waals surface area contributed by atoms with Crippen LogP contribution >= 0.6 is 0 Å². The summed E-state index contributed by atoms with van der Waals surface area (Å²) in [6, 6.07) is 8.60. The van der Waals surface area contributed by atoms with Crippen molar-refractivity contribution in [1.82, 2.24) is 15.1 Å². The number of carbonyl (C=O) groups is 3. The molecule has 0 radical (unpaired) electrons. The van der Waals surface area contributed by atoms with Crippen molar-refractivity contribution in [2.75, 3.05) is 19.6 Å². The number of carbonyl (C=O) groups excluding carboxylic acids is 3. The highest BCUT2D eigenvalue weighted by atomic mass is 16.2. The van der Waals surface area contributed by atoms with Crippen molar-refractivity contribution >= 4 is 17.8 Å². The summed E-state index contributed by atoms with van der Waals surface area (Å²) < 4.78 is 0. The van der Waals surface area contributed by atoms with Crippen LogP contribution in [0, 0.1) is 11.8 Å². The van der Waals surface area contributed by atoms with Crippen LogP contribution in [-0.2, 0) is 15.1 Å². The highest BCUT2D eigenvalue weighted by Gasteiger charge is 2.49. The van der Waals surface area contributed by atoms with Gasteiger partial charge in [-0.25, -0.2) is 4.79 Å². The second kappa shape index (κ2) is 6.50. The Morgan fingerprint density at radius 1 is 1.16 bits per heavy atom. The Morgan fingerprint density at radius 2 is 1.76 bits per heavy atom. The normalized spacial score (nSPS) is 29.7. The van der Waals surface area contributed by atoms with Gasteiger partial charge < -0.3 is 10.2 Å². The number of nitrogens with zero attached hydrogens (tertiary/aromatic N) is 2. The highest BCUT2D eigenvalue weighted by molar-refractivity contribution is 6.09. The molecule has 0 spiro atoms. The number of likely N-dealkylation sites (tertiary alicyclic amines) is 1. The lowest BCUT2D eigenvalue weighted by Gasteiger charge is -2.35. The maximum Gasteiger partial charge on any atom is 0.325 e. The van der Waals surface area contributed by atoms with Crippen molar-refractivity contribution in [1.29, 1.82) is 0 Å². The van der Waals surface area contributed by atoms with E-state index in [2.05, 4.69) is 19.2 Å². The van der Waals surface area contributed by atoms with Gasteiger partial charge in [0.05, 0.1) is 0 Å². The Balaban J connectivity index is 1.74. The van der Waals surface area contributed by atoms with Crippen molar-refractivity contribution < 1.29 is 14.4 Å². The second-order valence-electron chi connectivity index (χ2n) is 7.56. The van der Waals surface area contributed by atoms with E-state index in [0.29, 0.717) is 30.5 Å². The predicted molar refractivity (Wildman–Crippen MR) is 93.6 cm³/mol. The summed E-state index contributed by atoms with van der Waals surface area (Å²) >= 11 is 0. The van der Waals surface area contributed by atoms with Crippen LogP contribution in [0.15, 0.2) is 30.3 Å². The van der Waals surface area contributed by atoms with E-state index in [9.17, 15) is 14.4 Å². The number of urea groups is 1. The molecule has 0 aromatic heterocycles. The van der Waals surface area contributed by atoms with Gasteiger partial charge in [-0.15, -0.1) is 0 Å². The van der Waals surface area contributed by atoms with Gasteiger partial charge in [-0.2, -0.15) is 0 Å². The van der Waals surface area contributed by atoms with Gasteiger partial charge in [-0.05, 0) is 30.7 Å². The van der Waals surface area contributed by atoms with Gasteiger partial charge in [0.25, 0.3) is 5.91 Å². The molecular formula is C19H25N3O3. The Morgan fingerprint density at radius 3 is 2.36 bits per heavy atom. The lowest BCUT2D eigenvalue weighted by Crippen LogP contribution is -2.48. The zero-order valence-electron chi connectivity index (χ0n) is 15.0. The summed E-state index contributed by atoms with van der Waals surface area (Å²) in [4.78, 5) is 40.7. The SMILES string of the molecule is CC1CC(C)CN(C(=O)CN2C(=O)NC(C)(c3ccccc3)C2=O)C1. The third kappa shape index (κ3) is 3.25. The first-order valence-electron chi connectivity index (χ1n) is 8.78. The highest BCUT2D eigenvalue weighted by Crippen LogP contribution is 2.29. The summed E-state index contributed by atoms with van der Waals surface area (Å²) in [6.45, 7) is 7.09. The lowest BCUT2D eigenvalue weighted by atomic mass is 9.91. The van der Waals surface area contributed by atoms with E-state index >= 15 is 0 Å². The molecule has 1 N–H and O–H groups in total. The number of amides is 4. The quantitative estimate of drug-likeness (QED) is 0.853. The molecule has 2 aliphatic rings. The number of hydrogen-bond donors (Lipinski definition) is 1. The third-order valence-corrected chi connectivity index (χ3v) is 5.14. The van der Waals surface area contributed by atoms with Gasteiger partial charge >= 0.3 is 6.03 Å². The van der Waals surface area contributed by atoms with E-state index < -0.39 is 11.6 Å². The van der Waals surface area contributed by atoms with E-state index in [-0.39, 0.29) is 18.4 Å². The van der Waals surface area contributed by atoms with Crippen molar-refractivity contribution in [3.63, 3.8) is 0 Å². The summed E-state index contributed by atoms with van der Waals surface area (Å²) in [7, 11) is 0. The van der Waals surface area contributed by atoms with E-state index in [1.54, 1.807) is 24.0 Å². The number of imide groups is 1.